The van der Waals surface area contributed by atoms with Gasteiger partial charge in [0.15, 0.2) is 11.5 Å². The Kier molecular flexibility index (Phi) is 5.25. The van der Waals surface area contributed by atoms with Gasteiger partial charge in [0.25, 0.3) is 5.69 Å². The lowest BCUT2D eigenvalue weighted by Crippen LogP contribution is -2.12. The van der Waals surface area contributed by atoms with Crippen LogP contribution >= 0.6 is 0 Å². The van der Waals surface area contributed by atoms with E-state index in [1.165, 1.54) is 31.2 Å². The molecule has 144 valence electrons. The van der Waals surface area contributed by atoms with Crippen molar-refractivity contribution >= 4 is 35.0 Å². The van der Waals surface area contributed by atoms with Crippen molar-refractivity contribution < 1.29 is 24.0 Å². The number of carbonyl (C=O) groups is 2. The molecule has 28 heavy (non-hydrogen) atoms. The first kappa shape index (κ1) is 18.9. The van der Waals surface area contributed by atoms with Crippen LogP contribution in [0, 0.1) is 17.0 Å². The summed E-state index contributed by atoms with van der Waals surface area (Å²) in [5.74, 6) is -0.0279. The Labute approximate surface area is 160 Å². The Bertz CT molecular complexity index is 999. The van der Waals surface area contributed by atoms with E-state index in [1.54, 1.807) is 25.1 Å². The quantitative estimate of drug-likeness (QED) is 0.465. The fraction of sp³-hybridized carbons (Fsp3) is 0.158. The summed E-state index contributed by atoms with van der Waals surface area (Å²) < 4.78 is 10.4. The number of nitro benzene ring substituents is 1. The molecule has 0 saturated carbocycles. The molecule has 0 bridgehead atoms. The number of nitrogens with zero attached hydrogens (tertiary/aromatic N) is 1. The maximum atomic E-state index is 12.3. The number of nitrogens with one attached hydrogen (secondary N) is 2. The first-order chi connectivity index (χ1) is 13.3. The fourth-order valence-electron chi connectivity index (χ4n) is 2.67. The highest BCUT2D eigenvalue weighted by Crippen LogP contribution is 2.38. The van der Waals surface area contributed by atoms with Crippen LogP contribution in [0.1, 0.15) is 18.1 Å². The van der Waals surface area contributed by atoms with Crippen LogP contribution in [0.4, 0.5) is 17.1 Å². The standard InChI is InChI=1S/C19H17N3O6/c1-11-14(20-12(2)23)4-3-5-15(11)21-19(24)7-6-13-8-17-18(28-10-27-17)9-16(13)22(25)26/h3-9H,10H2,1-2H3,(H,20,23)(H,21,24)/b7-6+. The lowest BCUT2D eigenvalue weighted by molar-refractivity contribution is -0.385. The molecule has 2 aromatic carbocycles. The fourth-order valence-corrected chi connectivity index (χ4v) is 2.67. The van der Waals surface area contributed by atoms with Gasteiger partial charge in [-0.3, -0.25) is 19.7 Å². The molecule has 2 amide bonds. The average Bonchev–Trinajstić information content (AvgIpc) is 3.09. The minimum Gasteiger partial charge on any atom is -0.454 e. The number of rotatable bonds is 5. The van der Waals surface area contributed by atoms with E-state index in [4.69, 9.17) is 9.47 Å². The SMILES string of the molecule is CC(=O)Nc1cccc(NC(=O)/C=C/c2cc3c(cc2[N+](=O)[O-])OCO3)c1C. The smallest absolute Gasteiger partial charge is 0.280 e. The van der Waals surface area contributed by atoms with E-state index in [-0.39, 0.29) is 24.0 Å². The van der Waals surface area contributed by atoms with Gasteiger partial charge in [-0.25, -0.2) is 0 Å². The maximum absolute atomic E-state index is 12.3. The van der Waals surface area contributed by atoms with Crippen LogP contribution in [0.5, 0.6) is 11.5 Å². The summed E-state index contributed by atoms with van der Waals surface area (Å²) in [6.07, 6.45) is 2.53. The lowest BCUT2D eigenvalue weighted by Gasteiger charge is -2.11. The monoisotopic (exact) mass is 383 g/mol. The molecular formula is C19H17N3O6. The highest BCUT2D eigenvalue weighted by molar-refractivity contribution is 6.03. The number of carbonyl (C=O) groups excluding carboxylic acids is 2. The summed E-state index contributed by atoms with van der Waals surface area (Å²) >= 11 is 0. The van der Waals surface area contributed by atoms with E-state index in [0.29, 0.717) is 28.4 Å². The molecule has 9 heteroatoms. The van der Waals surface area contributed by atoms with Gasteiger partial charge in [-0.2, -0.15) is 0 Å². The third-order valence-corrected chi connectivity index (χ3v) is 4.04. The average molecular weight is 383 g/mol. The van der Waals surface area contributed by atoms with Gasteiger partial charge in [-0.1, -0.05) is 6.07 Å². The molecule has 1 aliphatic rings. The number of hydrogen-bond donors (Lipinski definition) is 2. The molecule has 3 rings (SSSR count). The molecule has 0 atom stereocenters. The van der Waals surface area contributed by atoms with Gasteiger partial charge in [-0.15, -0.1) is 0 Å². The molecule has 0 fully saturated rings. The number of fused-ring (bicyclic) bond motifs is 1. The predicted octanol–water partition coefficient (Wildman–Crippen LogP) is 3.24. The second-order valence-electron chi connectivity index (χ2n) is 6.00. The number of nitro groups is 1. The van der Waals surface area contributed by atoms with Gasteiger partial charge >= 0.3 is 0 Å². The van der Waals surface area contributed by atoms with Gasteiger partial charge < -0.3 is 20.1 Å². The van der Waals surface area contributed by atoms with E-state index in [2.05, 4.69) is 10.6 Å². The molecular weight excluding hydrogens is 366 g/mol. The zero-order valence-electron chi connectivity index (χ0n) is 15.1. The minimum atomic E-state index is -0.555. The van der Waals surface area contributed by atoms with Gasteiger partial charge in [-0.05, 0) is 36.8 Å². The van der Waals surface area contributed by atoms with Gasteiger partial charge in [0.2, 0.25) is 18.6 Å². The molecule has 1 aliphatic heterocycles. The summed E-state index contributed by atoms with van der Waals surface area (Å²) in [5, 5.41) is 16.6. The van der Waals surface area contributed by atoms with Crippen LogP contribution in [-0.4, -0.2) is 23.5 Å². The zero-order valence-corrected chi connectivity index (χ0v) is 15.1. The van der Waals surface area contributed by atoms with Gasteiger partial charge in [0.1, 0.15) is 0 Å². The summed E-state index contributed by atoms with van der Waals surface area (Å²) in [5.41, 5.74) is 1.81. The molecule has 0 radical (unpaired) electrons. The summed E-state index contributed by atoms with van der Waals surface area (Å²) in [6.45, 7) is 3.14. The Morgan fingerprint density at radius 1 is 1.14 bits per heavy atom. The van der Waals surface area contributed by atoms with E-state index >= 15 is 0 Å². The van der Waals surface area contributed by atoms with Crippen molar-refractivity contribution in [1.82, 2.24) is 0 Å². The highest BCUT2D eigenvalue weighted by Gasteiger charge is 2.22. The minimum absolute atomic E-state index is 0.00986. The number of amides is 2. The number of ether oxygens (including phenoxy) is 2. The first-order valence-corrected chi connectivity index (χ1v) is 8.29. The molecule has 2 N–H and O–H groups in total. The highest BCUT2D eigenvalue weighted by atomic mass is 16.7. The molecule has 0 saturated heterocycles. The number of anilines is 2. The van der Waals surface area contributed by atoms with Crippen LogP contribution in [-0.2, 0) is 9.59 Å². The van der Waals surface area contributed by atoms with Gasteiger partial charge in [0, 0.05) is 24.4 Å². The molecule has 0 aliphatic carbocycles. The van der Waals surface area contributed by atoms with Crippen LogP contribution in [0.25, 0.3) is 6.08 Å². The molecule has 0 spiro atoms. The Morgan fingerprint density at radius 2 is 1.79 bits per heavy atom. The van der Waals surface area contributed by atoms with Gasteiger partial charge in [0.05, 0.1) is 16.6 Å². The topological polar surface area (TPSA) is 120 Å². The number of benzene rings is 2. The van der Waals surface area contributed by atoms with E-state index in [0.717, 1.165) is 0 Å². The van der Waals surface area contributed by atoms with Crippen molar-refractivity contribution in [3.05, 3.63) is 57.6 Å². The van der Waals surface area contributed by atoms with Crippen LogP contribution in [0.2, 0.25) is 0 Å². The van der Waals surface area contributed by atoms with Crippen LogP contribution in [0.3, 0.4) is 0 Å². The maximum Gasteiger partial charge on any atom is 0.280 e. The Hall–Kier alpha value is -3.88. The third-order valence-electron chi connectivity index (χ3n) is 4.04. The molecule has 0 aromatic heterocycles. The van der Waals surface area contributed by atoms with E-state index in [1.807, 2.05) is 0 Å². The summed E-state index contributed by atoms with van der Waals surface area (Å²) in [7, 11) is 0. The van der Waals surface area contributed by atoms with Crippen molar-refractivity contribution in [2.45, 2.75) is 13.8 Å². The summed E-state index contributed by atoms with van der Waals surface area (Å²) in [4.78, 5) is 34.2. The molecule has 0 unspecified atom stereocenters. The second kappa shape index (κ2) is 7.78. The predicted molar refractivity (Wildman–Crippen MR) is 102 cm³/mol. The van der Waals surface area contributed by atoms with Crippen molar-refractivity contribution in [2.75, 3.05) is 17.4 Å². The lowest BCUT2D eigenvalue weighted by atomic mass is 10.1. The normalized spacial score (nSPS) is 12.1. The van der Waals surface area contributed by atoms with Crippen molar-refractivity contribution in [2.24, 2.45) is 0 Å². The summed E-state index contributed by atoms with van der Waals surface area (Å²) in [6, 6.07) is 7.82. The van der Waals surface area contributed by atoms with E-state index in [9.17, 15) is 19.7 Å². The third kappa shape index (κ3) is 4.09. The number of hydrogen-bond acceptors (Lipinski definition) is 6. The van der Waals surface area contributed by atoms with Crippen LogP contribution in [0.15, 0.2) is 36.4 Å². The van der Waals surface area contributed by atoms with Crippen molar-refractivity contribution in [3.63, 3.8) is 0 Å². The zero-order chi connectivity index (χ0) is 20.3. The Balaban J connectivity index is 1.80. The molecule has 9 nitrogen and oxygen atoms in total. The molecule has 2 aromatic rings. The largest absolute Gasteiger partial charge is 0.454 e. The van der Waals surface area contributed by atoms with E-state index < -0.39 is 10.8 Å². The first-order valence-electron chi connectivity index (χ1n) is 8.29. The van der Waals surface area contributed by atoms with Crippen LogP contribution < -0.4 is 20.1 Å². The molecule has 1 heterocycles. The van der Waals surface area contributed by atoms with Crippen molar-refractivity contribution in [1.29, 1.82) is 0 Å². The van der Waals surface area contributed by atoms with Crippen molar-refractivity contribution in [3.8, 4) is 11.5 Å². The Morgan fingerprint density at radius 3 is 2.43 bits per heavy atom. The second-order valence-corrected chi connectivity index (χ2v) is 6.00.